The van der Waals surface area contributed by atoms with E-state index < -0.39 is 0 Å². The molecule has 134 valence electrons. The molecule has 1 fully saturated rings. The minimum atomic E-state index is -0.118. The van der Waals surface area contributed by atoms with Crippen LogP contribution in [0, 0.1) is 6.92 Å². The second kappa shape index (κ2) is 6.18. The first kappa shape index (κ1) is 16.0. The zero-order valence-electron chi connectivity index (χ0n) is 15.1. The third-order valence-electron chi connectivity index (χ3n) is 6.03. The summed E-state index contributed by atoms with van der Waals surface area (Å²) in [5.41, 5.74) is 6.09. The molecular formula is C21H24N4O. The molecule has 5 rings (SSSR count). The van der Waals surface area contributed by atoms with E-state index >= 15 is 0 Å². The van der Waals surface area contributed by atoms with Crippen molar-refractivity contribution in [2.45, 2.75) is 38.3 Å². The highest BCUT2D eigenvalue weighted by molar-refractivity contribution is 5.84. The van der Waals surface area contributed by atoms with Gasteiger partial charge in [0.15, 0.2) is 0 Å². The standard InChI is InChI=1S/C21H24N4O/c1-14-11-16-20-17-3-2-9-24(17)10-6-18(20)25(21(16)23-12-14)19(13-26)15-4-7-22-8-5-15/h4-5,7-8,11-12,17,19,26H,2-3,6,9-10,13H2,1H3. The number of pyridine rings is 2. The van der Waals surface area contributed by atoms with Crippen LogP contribution in [0.4, 0.5) is 0 Å². The van der Waals surface area contributed by atoms with Gasteiger partial charge in [0.1, 0.15) is 5.65 Å². The molecule has 2 unspecified atom stereocenters. The molecule has 0 saturated carbocycles. The topological polar surface area (TPSA) is 54.2 Å². The lowest BCUT2D eigenvalue weighted by molar-refractivity contribution is 0.228. The Bertz CT molecular complexity index is 950. The molecule has 2 aliphatic rings. The molecule has 5 heterocycles. The maximum absolute atomic E-state index is 10.3. The minimum absolute atomic E-state index is 0.0597. The van der Waals surface area contributed by atoms with Crippen molar-refractivity contribution in [2.24, 2.45) is 0 Å². The predicted molar refractivity (Wildman–Crippen MR) is 101 cm³/mol. The maximum atomic E-state index is 10.3. The van der Waals surface area contributed by atoms with Gasteiger partial charge in [0.05, 0.1) is 12.6 Å². The number of hydrogen-bond acceptors (Lipinski definition) is 4. The summed E-state index contributed by atoms with van der Waals surface area (Å²) in [4.78, 5) is 11.6. The highest BCUT2D eigenvalue weighted by Crippen LogP contribution is 2.44. The first-order valence-corrected chi connectivity index (χ1v) is 9.52. The Balaban J connectivity index is 1.78. The zero-order chi connectivity index (χ0) is 17.7. The van der Waals surface area contributed by atoms with Gasteiger partial charge in [0, 0.05) is 48.7 Å². The van der Waals surface area contributed by atoms with Gasteiger partial charge >= 0.3 is 0 Å². The summed E-state index contributed by atoms with van der Waals surface area (Å²) in [6.07, 6.45) is 9.04. The summed E-state index contributed by atoms with van der Waals surface area (Å²) < 4.78 is 2.30. The van der Waals surface area contributed by atoms with E-state index in [2.05, 4.69) is 27.4 Å². The van der Waals surface area contributed by atoms with Crippen molar-refractivity contribution in [1.82, 2.24) is 19.4 Å². The highest BCUT2D eigenvalue weighted by Gasteiger charge is 2.37. The Labute approximate surface area is 153 Å². The summed E-state index contributed by atoms with van der Waals surface area (Å²) in [7, 11) is 0. The Morgan fingerprint density at radius 3 is 2.92 bits per heavy atom. The molecule has 0 spiro atoms. The first-order chi connectivity index (χ1) is 12.8. The zero-order valence-corrected chi connectivity index (χ0v) is 15.1. The van der Waals surface area contributed by atoms with Crippen LogP contribution in [0.15, 0.2) is 36.8 Å². The van der Waals surface area contributed by atoms with Crippen LogP contribution in [-0.2, 0) is 6.42 Å². The Kier molecular flexibility index (Phi) is 3.80. The van der Waals surface area contributed by atoms with Gasteiger partial charge in [-0.05, 0) is 61.2 Å². The quantitative estimate of drug-likeness (QED) is 0.790. The number of aliphatic hydroxyl groups excluding tert-OH is 1. The number of hydrogen-bond donors (Lipinski definition) is 1. The average molecular weight is 348 g/mol. The van der Waals surface area contributed by atoms with Gasteiger partial charge in [-0.1, -0.05) is 0 Å². The molecule has 5 heteroatoms. The second-order valence-electron chi connectivity index (χ2n) is 7.54. The lowest BCUT2D eigenvalue weighted by atomic mass is 9.96. The summed E-state index contributed by atoms with van der Waals surface area (Å²) in [6, 6.07) is 6.66. The van der Waals surface area contributed by atoms with Crippen molar-refractivity contribution in [3.05, 3.63) is 59.2 Å². The highest BCUT2D eigenvalue weighted by atomic mass is 16.3. The van der Waals surface area contributed by atoms with E-state index in [4.69, 9.17) is 4.98 Å². The second-order valence-corrected chi connectivity index (χ2v) is 7.54. The molecule has 0 amide bonds. The largest absolute Gasteiger partial charge is 0.394 e. The SMILES string of the molecule is Cc1cnc2c(c1)c1c(n2C(CO)c2ccncc2)CCN2CCCC12. The normalized spacial score (nSPS) is 20.9. The molecule has 2 aliphatic heterocycles. The fourth-order valence-electron chi connectivity index (χ4n) is 4.92. The fraction of sp³-hybridized carbons (Fsp3) is 0.429. The average Bonchev–Trinajstić information content (AvgIpc) is 3.26. The minimum Gasteiger partial charge on any atom is -0.394 e. The third kappa shape index (κ3) is 2.31. The Hall–Kier alpha value is -2.24. The summed E-state index contributed by atoms with van der Waals surface area (Å²) in [5, 5.41) is 11.5. The number of aryl methyl sites for hydroxylation is 1. The molecule has 0 aromatic carbocycles. The van der Waals surface area contributed by atoms with Gasteiger partial charge in [0.25, 0.3) is 0 Å². The Morgan fingerprint density at radius 2 is 2.12 bits per heavy atom. The molecule has 26 heavy (non-hydrogen) atoms. The number of nitrogens with zero attached hydrogens (tertiary/aromatic N) is 4. The predicted octanol–water partition coefficient (Wildman–Crippen LogP) is 3.01. The molecule has 0 radical (unpaired) electrons. The fourth-order valence-corrected chi connectivity index (χ4v) is 4.92. The van der Waals surface area contributed by atoms with Crippen molar-refractivity contribution in [3.8, 4) is 0 Å². The van der Waals surface area contributed by atoms with Crippen molar-refractivity contribution in [2.75, 3.05) is 19.7 Å². The molecule has 0 aliphatic carbocycles. The van der Waals surface area contributed by atoms with Crippen LogP contribution in [0.5, 0.6) is 0 Å². The van der Waals surface area contributed by atoms with Gasteiger partial charge in [-0.25, -0.2) is 4.98 Å². The lowest BCUT2D eigenvalue weighted by Gasteiger charge is -2.32. The molecule has 0 bridgehead atoms. The van der Waals surface area contributed by atoms with E-state index in [1.165, 1.54) is 41.6 Å². The van der Waals surface area contributed by atoms with Crippen molar-refractivity contribution < 1.29 is 5.11 Å². The van der Waals surface area contributed by atoms with Crippen LogP contribution in [0.2, 0.25) is 0 Å². The first-order valence-electron chi connectivity index (χ1n) is 9.52. The molecular weight excluding hydrogens is 324 g/mol. The van der Waals surface area contributed by atoms with Gasteiger partial charge < -0.3 is 9.67 Å². The van der Waals surface area contributed by atoms with Crippen molar-refractivity contribution in [1.29, 1.82) is 0 Å². The summed E-state index contributed by atoms with van der Waals surface area (Å²) in [5.74, 6) is 0. The molecule has 5 nitrogen and oxygen atoms in total. The molecule has 2 atom stereocenters. The molecule has 3 aromatic heterocycles. The van der Waals surface area contributed by atoms with E-state index in [0.29, 0.717) is 6.04 Å². The number of aliphatic hydroxyl groups is 1. The molecule has 1 N–H and O–H groups in total. The lowest BCUT2D eigenvalue weighted by Crippen LogP contribution is -2.32. The van der Waals surface area contributed by atoms with E-state index in [0.717, 1.165) is 24.2 Å². The molecule has 1 saturated heterocycles. The van der Waals surface area contributed by atoms with Gasteiger partial charge in [0.2, 0.25) is 0 Å². The van der Waals surface area contributed by atoms with Crippen LogP contribution in [-0.4, -0.2) is 44.2 Å². The van der Waals surface area contributed by atoms with Crippen LogP contribution >= 0.6 is 0 Å². The van der Waals surface area contributed by atoms with Gasteiger partial charge in [-0.3, -0.25) is 9.88 Å². The maximum Gasteiger partial charge on any atom is 0.141 e. The summed E-state index contributed by atoms with van der Waals surface area (Å²) >= 11 is 0. The van der Waals surface area contributed by atoms with Crippen LogP contribution in [0.25, 0.3) is 11.0 Å². The number of fused-ring (bicyclic) bond motifs is 5. The van der Waals surface area contributed by atoms with Crippen LogP contribution < -0.4 is 0 Å². The van der Waals surface area contributed by atoms with Crippen molar-refractivity contribution >= 4 is 11.0 Å². The van der Waals surface area contributed by atoms with E-state index in [1.54, 1.807) is 12.4 Å². The summed E-state index contributed by atoms with van der Waals surface area (Å²) in [6.45, 7) is 4.47. The van der Waals surface area contributed by atoms with Gasteiger partial charge in [-0.15, -0.1) is 0 Å². The molecule has 3 aromatic rings. The monoisotopic (exact) mass is 348 g/mol. The van der Waals surface area contributed by atoms with Crippen LogP contribution in [0.3, 0.4) is 0 Å². The van der Waals surface area contributed by atoms with E-state index in [9.17, 15) is 5.11 Å². The van der Waals surface area contributed by atoms with E-state index in [-0.39, 0.29) is 12.6 Å². The Morgan fingerprint density at radius 1 is 1.27 bits per heavy atom. The number of aromatic nitrogens is 3. The van der Waals surface area contributed by atoms with Crippen LogP contribution in [0.1, 0.15) is 47.3 Å². The van der Waals surface area contributed by atoms with Crippen molar-refractivity contribution in [3.63, 3.8) is 0 Å². The van der Waals surface area contributed by atoms with E-state index in [1.807, 2.05) is 18.3 Å². The number of rotatable bonds is 3. The smallest absolute Gasteiger partial charge is 0.141 e. The third-order valence-corrected chi connectivity index (χ3v) is 6.03. The van der Waals surface area contributed by atoms with Gasteiger partial charge in [-0.2, -0.15) is 0 Å².